The number of anilines is 1. The summed E-state index contributed by atoms with van der Waals surface area (Å²) >= 11 is 0. The van der Waals surface area contributed by atoms with Crippen molar-refractivity contribution < 1.29 is 18.9 Å². The maximum Gasteiger partial charge on any atom is 0.325 e. The summed E-state index contributed by atoms with van der Waals surface area (Å²) in [4.78, 5) is 38.6. The summed E-state index contributed by atoms with van der Waals surface area (Å²) in [6.45, 7) is 8.13. The lowest BCUT2D eigenvalue weighted by Crippen LogP contribution is -2.54. The van der Waals surface area contributed by atoms with Gasteiger partial charge in [0.1, 0.15) is 11.3 Å². The monoisotopic (exact) mass is 362 g/mol. The van der Waals surface area contributed by atoms with Crippen LogP contribution in [0.2, 0.25) is 0 Å². The van der Waals surface area contributed by atoms with E-state index in [0.717, 1.165) is 6.42 Å². The van der Waals surface area contributed by atoms with Crippen LogP contribution in [-0.2, 0) is 9.59 Å². The van der Waals surface area contributed by atoms with Crippen molar-refractivity contribution in [2.45, 2.75) is 58.9 Å². The third kappa shape index (κ3) is 3.59. The molecule has 0 bridgehead atoms. The predicted octanol–water partition coefficient (Wildman–Crippen LogP) is 2.45. The first-order valence-corrected chi connectivity index (χ1v) is 8.98. The molecule has 0 aromatic carbocycles. The zero-order chi connectivity index (χ0) is 19.1. The second-order valence-electron chi connectivity index (χ2n) is 8.44. The average molecular weight is 362 g/mol. The van der Waals surface area contributed by atoms with Crippen molar-refractivity contribution in [3.05, 3.63) is 11.8 Å². The number of imide groups is 1. The highest BCUT2D eigenvalue weighted by atomic mass is 16.5. The second kappa shape index (κ2) is 6.41. The Labute approximate surface area is 152 Å². The molecule has 1 aliphatic heterocycles. The molecule has 2 aliphatic rings. The molecular formula is C18H26N4O4. The van der Waals surface area contributed by atoms with E-state index in [1.807, 2.05) is 0 Å². The van der Waals surface area contributed by atoms with Crippen LogP contribution >= 0.6 is 0 Å². The molecule has 2 unspecified atom stereocenters. The third-order valence-electron chi connectivity index (χ3n) is 5.08. The van der Waals surface area contributed by atoms with Gasteiger partial charge in [0.15, 0.2) is 5.82 Å². The van der Waals surface area contributed by atoms with Crippen LogP contribution in [-0.4, -0.2) is 40.0 Å². The van der Waals surface area contributed by atoms with Gasteiger partial charge in [-0.25, -0.2) is 4.79 Å². The highest BCUT2D eigenvalue weighted by molar-refractivity contribution is 6.07. The Bertz CT molecular complexity index is 741. The van der Waals surface area contributed by atoms with Crippen LogP contribution in [0.1, 0.15) is 52.2 Å². The second-order valence-corrected chi connectivity index (χ2v) is 8.44. The predicted molar refractivity (Wildman–Crippen MR) is 94.3 cm³/mol. The SMILES string of the molecule is Cc1cc(NC(=O)CCN2C(=O)NC3(CC(C)CC(C)(C)C3)C2=O)no1. The van der Waals surface area contributed by atoms with Gasteiger partial charge in [0.2, 0.25) is 5.91 Å². The molecule has 2 heterocycles. The van der Waals surface area contributed by atoms with E-state index >= 15 is 0 Å². The van der Waals surface area contributed by atoms with E-state index in [1.54, 1.807) is 13.0 Å². The number of nitrogens with one attached hydrogen (secondary N) is 2. The van der Waals surface area contributed by atoms with Crippen LogP contribution in [0, 0.1) is 18.3 Å². The molecule has 2 N–H and O–H groups in total. The van der Waals surface area contributed by atoms with Gasteiger partial charge in [-0.05, 0) is 37.5 Å². The van der Waals surface area contributed by atoms with Crippen LogP contribution in [0.3, 0.4) is 0 Å². The first kappa shape index (κ1) is 18.4. The third-order valence-corrected chi connectivity index (χ3v) is 5.08. The van der Waals surface area contributed by atoms with Gasteiger partial charge in [0.25, 0.3) is 5.91 Å². The molecular weight excluding hydrogens is 336 g/mol. The van der Waals surface area contributed by atoms with E-state index in [2.05, 4.69) is 36.6 Å². The molecule has 8 nitrogen and oxygen atoms in total. The molecule has 2 fully saturated rings. The van der Waals surface area contributed by atoms with Crippen molar-refractivity contribution in [1.29, 1.82) is 0 Å². The van der Waals surface area contributed by atoms with Crippen LogP contribution in [0.4, 0.5) is 10.6 Å². The molecule has 1 spiro atoms. The van der Waals surface area contributed by atoms with Crippen molar-refractivity contribution in [1.82, 2.24) is 15.4 Å². The molecule has 1 saturated carbocycles. The van der Waals surface area contributed by atoms with Crippen molar-refractivity contribution >= 4 is 23.7 Å². The smallest absolute Gasteiger partial charge is 0.325 e. The van der Waals surface area contributed by atoms with E-state index in [0.29, 0.717) is 30.3 Å². The number of aromatic nitrogens is 1. The molecule has 1 saturated heterocycles. The van der Waals surface area contributed by atoms with Crippen molar-refractivity contribution in [2.24, 2.45) is 11.3 Å². The Hall–Kier alpha value is -2.38. The number of urea groups is 1. The molecule has 2 atom stereocenters. The van der Waals surface area contributed by atoms with Gasteiger partial charge in [-0.1, -0.05) is 25.9 Å². The Morgan fingerprint density at radius 3 is 2.77 bits per heavy atom. The minimum atomic E-state index is -0.835. The van der Waals surface area contributed by atoms with Crippen LogP contribution in [0.25, 0.3) is 0 Å². The van der Waals surface area contributed by atoms with E-state index < -0.39 is 11.6 Å². The zero-order valence-electron chi connectivity index (χ0n) is 15.7. The fraction of sp³-hybridized carbons (Fsp3) is 0.667. The largest absolute Gasteiger partial charge is 0.360 e. The minimum absolute atomic E-state index is 0.0140. The molecule has 26 heavy (non-hydrogen) atoms. The van der Waals surface area contributed by atoms with Gasteiger partial charge < -0.3 is 15.2 Å². The molecule has 1 aromatic heterocycles. The number of amides is 4. The van der Waals surface area contributed by atoms with E-state index in [4.69, 9.17) is 4.52 Å². The van der Waals surface area contributed by atoms with Crippen LogP contribution < -0.4 is 10.6 Å². The molecule has 1 aromatic rings. The first-order chi connectivity index (χ1) is 12.1. The number of hydrogen-bond donors (Lipinski definition) is 2. The minimum Gasteiger partial charge on any atom is -0.360 e. The quantitative estimate of drug-likeness (QED) is 0.801. The van der Waals surface area contributed by atoms with Gasteiger partial charge >= 0.3 is 6.03 Å². The fourth-order valence-electron chi connectivity index (χ4n) is 4.55. The Morgan fingerprint density at radius 2 is 2.15 bits per heavy atom. The number of aryl methyl sites for hydroxylation is 1. The summed E-state index contributed by atoms with van der Waals surface area (Å²) in [6, 6.07) is 1.19. The standard InChI is InChI=1S/C18H26N4O4/c1-11-8-17(3,4)10-18(9-11)15(24)22(16(25)20-18)6-5-14(23)19-13-7-12(2)26-21-13/h7,11H,5-6,8-10H2,1-4H3,(H,20,25)(H,19,21,23). The molecule has 0 radical (unpaired) electrons. The Balaban J connectivity index is 1.63. The summed E-state index contributed by atoms with van der Waals surface area (Å²) in [5, 5.41) is 9.20. The number of nitrogens with zero attached hydrogens (tertiary/aromatic N) is 2. The highest BCUT2D eigenvalue weighted by Crippen LogP contribution is 2.46. The highest BCUT2D eigenvalue weighted by Gasteiger charge is 2.55. The molecule has 1 aliphatic carbocycles. The van der Waals surface area contributed by atoms with E-state index in [9.17, 15) is 14.4 Å². The number of hydrogen-bond acceptors (Lipinski definition) is 5. The number of carbonyl (C=O) groups is 3. The average Bonchev–Trinajstić information content (AvgIpc) is 2.98. The molecule has 3 rings (SSSR count). The topological polar surface area (TPSA) is 105 Å². The van der Waals surface area contributed by atoms with E-state index in [-0.39, 0.29) is 30.2 Å². The van der Waals surface area contributed by atoms with Crippen molar-refractivity contribution in [2.75, 3.05) is 11.9 Å². The summed E-state index contributed by atoms with van der Waals surface area (Å²) in [6.07, 6.45) is 2.30. The number of carbonyl (C=O) groups excluding carboxylic acids is 3. The summed E-state index contributed by atoms with van der Waals surface area (Å²) < 4.78 is 4.89. The summed E-state index contributed by atoms with van der Waals surface area (Å²) in [7, 11) is 0. The molecule has 8 heteroatoms. The van der Waals surface area contributed by atoms with E-state index in [1.165, 1.54) is 4.90 Å². The van der Waals surface area contributed by atoms with Gasteiger partial charge in [-0.3, -0.25) is 14.5 Å². The lowest BCUT2D eigenvalue weighted by Gasteiger charge is -2.43. The zero-order valence-corrected chi connectivity index (χ0v) is 15.7. The molecule has 142 valence electrons. The van der Waals surface area contributed by atoms with Crippen molar-refractivity contribution in [3.8, 4) is 0 Å². The lowest BCUT2D eigenvalue weighted by molar-refractivity contribution is -0.134. The maximum absolute atomic E-state index is 13.0. The van der Waals surface area contributed by atoms with Crippen LogP contribution in [0.5, 0.6) is 0 Å². The maximum atomic E-state index is 13.0. The first-order valence-electron chi connectivity index (χ1n) is 8.98. The van der Waals surface area contributed by atoms with Gasteiger partial charge in [-0.15, -0.1) is 0 Å². The molecule has 4 amide bonds. The van der Waals surface area contributed by atoms with Gasteiger partial charge in [0, 0.05) is 19.0 Å². The van der Waals surface area contributed by atoms with Gasteiger partial charge in [-0.2, -0.15) is 0 Å². The Morgan fingerprint density at radius 1 is 1.42 bits per heavy atom. The van der Waals surface area contributed by atoms with Gasteiger partial charge in [0.05, 0.1) is 0 Å². The van der Waals surface area contributed by atoms with Crippen molar-refractivity contribution in [3.63, 3.8) is 0 Å². The summed E-state index contributed by atoms with van der Waals surface area (Å²) in [5.41, 5.74) is -0.850. The Kier molecular flexibility index (Phi) is 4.54. The van der Waals surface area contributed by atoms with Crippen LogP contribution in [0.15, 0.2) is 10.6 Å². The fourth-order valence-corrected chi connectivity index (χ4v) is 4.55. The lowest BCUT2D eigenvalue weighted by atomic mass is 9.64. The number of rotatable bonds is 4. The normalized spacial score (nSPS) is 27.7. The summed E-state index contributed by atoms with van der Waals surface area (Å²) in [5.74, 6) is 0.723.